The van der Waals surface area contributed by atoms with Crippen LogP contribution in [0.25, 0.3) is 0 Å². The van der Waals surface area contributed by atoms with Crippen molar-refractivity contribution in [3.8, 4) is 0 Å². The maximum absolute atomic E-state index is 13.2. The Bertz CT molecular complexity index is 466. The summed E-state index contributed by atoms with van der Waals surface area (Å²) in [4.78, 5) is 12.2. The third kappa shape index (κ3) is 2.19. The molecular weight excluding hydrogens is 229 g/mol. The van der Waals surface area contributed by atoms with Gasteiger partial charge < -0.3 is 5.32 Å². The molecule has 1 aromatic rings. The number of Topliss-reactive ketones (excluding diaryl/α,β-unsaturated/α-hetero) is 1. The van der Waals surface area contributed by atoms with Crippen LogP contribution < -0.4 is 5.32 Å². The SMILES string of the molecule is O=C1c2cc(F)ccc2CC1CC1CCNCC1. The first kappa shape index (κ1) is 11.8. The highest BCUT2D eigenvalue weighted by molar-refractivity contribution is 6.02. The molecule has 3 rings (SSSR count). The quantitative estimate of drug-likeness (QED) is 0.870. The Hall–Kier alpha value is -1.22. The van der Waals surface area contributed by atoms with Gasteiger partial charge in [-0.3, -0.25) is 4.79 Å². The molecule has 0 bridgehead atoms. The summed E-state index contributed by atoms with van der Waals surface area (Å²) in [7, 11) is 0. The molecule has 1 heterocycles. The number of piperidine rings is 1. The Labute approximate surface area is 107 Å². The molecule has 1 unspecified atom stereocenters. The van der Waals surface area contributed by atoms with Crippen molar-refractivity contribution < 1.29 is 9.18 Å². The lowest BCUT2D eigenvalue weighted by Crippen LogP contribution is -2.29. The molecule has 1 atom stereocenters. The van der Waals surface area contributed by atoms with Gasteiger partial charge in [0.15, 0.2) is 5.78 Å². The average Bonchev–Trinajstić information content (AvgIpc) is 2.68. The van der Waals surface area contributed by atoms with Gasteiger partial charge in [-0.25, -0.2) is 4.39 Å². The standard InChI is InChI=1S/C15H18FNO/c16-13-2-1-11-8-12(15(18)14(11)9-13)7-10-3-5-17-6-4-10/h1-2,9-10,12,17H,3-8H2. The molecule has 0 radical (unpaired) electrons. The number of ketones is 1. The summed E-state index contributed by atoms with van der Waals surface area (Å²) in [6.45, 7) is 2.13. The van der Waals surface area contributed by atoms with Gasteiger partial charge in [0.1, 0.15) is 5.82 Å². The highest BCUT2D eigenvalue weighted by Gasteiger charge is 2.32. The zero-order chi connectivity index (χ0) is 12.5. The lowest BCUT2D eigenvalue weighted by molar-refractivity contribution is 0.0912. The monoisotopic (exact) mass is 247 g/mol. The van der Waals surface area contributed by atoms with E-state index in [0.29, 0.717) is 11.5 Å². The predicted molar refractivity (Wildman–Crippen MR) is 68.1 cm³/mol. The van der Waals surface area contributed by atoms with Crippen LogP contribution >= 0.6 is 0 Å². The van der Waals surface area contributed by atoms with E-state index in [0.717, 1.165) is 44.3 Å². The molecule has 2 aliphatic rings. The second-order valence-corrected chi connectivity index (χ2v) is 5.50. The first-order valence-electron chi connectivity index (χ1n) is 6.77. The molecule has 3 heteroatoms. The normalized spacial score (nSPS) is 24.3. The molecular formula is C15H18FNO. The highest BCUT2D eigenvalue weighted by Crippen LogP contribution is 2.33. The van der Waals surface area contributed by atoms with Gasteiger partial charge in [0.2, 0.25) is 0 Å². The predicted octanol–water partition coefficient (Wildman–Crippen LogP) is 2.57. The smallest absolute Gasteiger partial charge is 0.166 e. The average molecular weight is 247 g/mol. The lowest BCUT2D eigenvalue weighted by atomic mass is 9.86. The van der Waals surface area contributed by atoms with Crippen LogP contribution in [0.15, 0.2) is 18.2 Å². The van der Waals surface area contributed by atoms with E-state index in [-0.39, 0.29) is 17.5 Å². The molecule has 1 fully saturated rings. The number of fused-ring (bicyclic) bond motifs is 1. The number of benzene rings is 1. The molecule has 1 saturated heterocycles. The summed E-state index contributed by atoms with van der Waals surface area (Å²) in [6.07, 6.45) is 4.10. The first-order valence-corrected chi connectivity index (χ1v) is 6.77. The van der Waals surface area contributed by atoms with Gasteiger partial charge in [0.05, 0.1) is 0 Å². The van der Waals surface area contributed by atoms with Crippen LogP contribution in [-0.2, 0) is 6.42 Å². The van der Waals surface area contributed by atoms with E-state index < -0.39 is 0 Å². The van der Waals surface area contributed by atoms with Crippen LogP contribution in [-0.4, -0.2) is 18.9 Å². The van der Waals surface area contributed by atoms with E-state index in [4.69, 9.17) is 0 Å². The van der Waals surface area contributed by atoms with Crippen molar-refractivity contribution in [2.75, 3.05) is 13.1 Å². The summed E-state index contributed by atoms with van der Waals surface area (Å²) in [5.74, 6) is 0.594. The molecule has 1 aliphatic heterocycles. The fourth-order valence-corrected chi connectivity index (χ4v) is 3.24. The summed E-state index contributed by atoms with van der Waals surface area (Å²) >= 11 is 0. The number of rotatable bonds is 2. The summed E-state index contributed by atoms with van der Waals surface area (Å²) in [6, 6.07) is 4.63. The minimum Gasteiger partial charge on any atom is -0.317 e. The van der Waals surface area contributed by atoms with Gasteiger partial charge >= 0.3 is 0 Å². The van der Waals surface area contributed by atoms with Gasteiger partial charge in [-0.2, -0.15) is 0 Å². The topological polar surface area (TPSA) is 29.1 Å². The van der Waals surface area contributed by atoms with E-state index in [1.54, 1.807) is 6.07 Å². The Balaban J connectivity index is 1.71. The van der Waals surface area contributed by atoms with Crippen molar-refractivity contribution in [2.24, 2.45) is 11.8 Å². The number of nitrogens with one attached hydrogen (secondary N) is 1. The third-order valence-corrected chi connectivity index (χ3v) is 4.25. The molecule has 1 aliphatic carbocycles. The van der Waals surface area contributed by atoms with Crippen molar-refractivity contribution in [3.05, 3.63) is 35.1 Å². The van der Waals surface area contributed by atoms with Crippen LogP contribution in [0.1, 0.15) is 35.2 Å². The number of halogens is 1. The molecule has 1 N–H and O–H groups in total. The molecule has 0 amide bonds. The van der Waals surface area contributed by atoms with Crippen molar-refractivity contribution in [3.63, 3.8) is 0 Å². The van der Waals surface area contributed by atoms with Crippen molar-refractivity contribution in [1.29, 1.82) is 0 Å². The number of hydrogen-bond donors (Lipinski definition) is 1. The largest absolute Gasteiger partial charge is 0.317 e. The summed E-state index contributed by atoms with van der Waals surface area (Å²) < 4.78 is 13.2. The zero-order valence-electron chi connectivity index (χ0n) is 10.4. The van der Waals surface area contributed by atoms with Crippen LogP contribution in [0.2, 0.25) is 0 Å². The maximum Gasteiger partial charge on any atom is 0.166 e. The van der Waals surface area contributed by atoms with Crippen LogP contribution in [0, 0.1) is 17.7 Å². The summed E-state index contributed by atoms with van der Waals surface area (Å²) in [5, 5.41) is 3.34. The fourth-order valence-electron chi connectivity index (χ4n) is 3.24. The second-order valence-electron chi connectivity index (χ2n) is 5.50. The maximum atomic E-state index is 13.2. The van der Waals surface area contributed by atoms with E-state index in [1.165, 1.54) is 12.1 Å². The Kier molecular flexibility index (Phi) is 3.16. The second kappa shape index (κ2) is 4.81. The van der Waals surface area contributed by atoms with Crippen molar-refractivity contribution in [2.45, 2.75) is 25.7 Å². The van der Waals surface area contributed by atoms with E-state index >= 15 is 0 Å². The number of carbonyl (C=O) groups excluding carboxylic acids is 1. The van der Waals surface area contributed by atoms with Crippen LogP contribution in [0.3, 0.4) is 0 Å². The van der Waals surface area contributed by atoms with Gasteiger partial charge in [0.25, 0.3) is 0 Å². The number of hydrogen-bond acceptors (Lipinski definition) is 2. The first-order chi connectivity index (χ1) is 8.74. The molecule has 0 spiro atoms. The Morgan fingerprint density at radius 2 is 2.06 bits per heavy atom. The van der Waals surface area contributed by atoms with Crippen molar-refractivity contribution in [1.82, 2.24) is 5.32 Å². The van der Waals surface area contributed by atoms with Crippen molar-refractivity contribution >= 4 is 5.78 Å². The fraction of sp³-hybridized carbons (Fsp3) is 0.533. The zero-order valence-corrected chi connectivity index (χ0v) is 10.4. The van der Waals surface area contributed by atoms with Crippen LogP contribution in [0.5, 0.6) is 0 Å². The Morgan fingerprint density at radius 1 is 1.28 bits per heavy atom. The summed E-state index contributed by atoms with van der Waals surface area (Å²) in [5.41, 5.74) is 1.65. The van der Waals surface area contributed by atoms with Gasteiger partial charge in [-0.05, 0) is 62.4 Å². The van der Waals surface area contributed by atoms with E-state index in [2.05, 4.69) is 5.32 Å². The van der Waals surface area contributed by atoms with Gasteiger partial charge in [0, 0.05) is 11.5 Å². The molecule has 18 heavy (non-hydrogen) atoms. The van der Waals surface area contributed by atoms with Crippen LogP contribution in [0.4, 0.5) is 4.39 Å². The lowest BCUT2D eigenvalue weighted by Gasteiger charge is -2.24. The van der Waals surface area contributed by atoms with Gasteiger partial charge in [-0.1, -0.05) is 6.07 Å². The molecule has 1 aromatic carbocycles. The van der Waals surface area contributed by atoms with E-state index in [9.17, 15) is 9.18 Å². The molecule has 96 valence electrons. The van der Waals surface area contributed by atoms with E-state index in [1.807, 2.05) is 0 Å². The highest BCUT2D eigenvalue weighted by atomic mass is 19.1. The Morgan fingerprint density at radius 3 is 2.83 bits per heavy atom. The molecule has 0 aromatic heterocycles. The van der Waals surface area contributed by atoms with Gasteiger partial charge in [-0.15, -0.1) is 0 Å². The minimum absolute atomic E-state index is 0.0879. The molecule has 0 saturated carbocycles. The number of carbonyl (C=O) groups is 1. The minimum atomic E-state index is -0.301. The molecule has 2 nitrogen and oxygen atoms in total. The third-order valence-electron chi connectivity index (χ3n) is 4.25.